The third-order valence-corrected chi connectivity index (χ3v) is 4.79. The van der Waals surface area contributed by atoms with Crippen LogP contribution in [0.5, 0.6) is 17.2 Å². The molecule has 3 aromatic rings. The van der Waals surface area contributed by atoms with Gasteiger partial charge < -0.3 is 18.8 Å². The molecule has 1 aliphatic rings. The molecule has 1 atom stereocenters. The molecule has 0 saturated carbocycles. The minimum Gasteiger partial charge on any atom is -0.496 e. The number of rotatable bonds is 5. The molecule has 1 aromatic carbocycles. The normalized spacial score (nSPS) is 14.2. The first-order valence-electron chi connectivity index (χ1n) is 9.08. The van der Waals surface area contributed by atoms with Gasteiger partial charge in [0.25, 0.3) is 0 Å². The van der Waals surface area contributed by atoms with Crippen molar-refractivity contribution in [3.63, 3.8) is 0 Å². The summed E-state index contributed by atoms with van der Waals surface area (Å²) in [7, 11) is 1.65. The van der Waals surface area contributed by atoms with Gasteiger partial charge in [0.1, 0.15) is 24.8 Å². The molecule has 1 unspecified atom stereocenters. The van der Waals surface area contributed by atoms with Crippen LogP contribution in [0.4, 0.5) is 0 Å². The smallest absolute Gasteiger partial charge is 0.165 e. The summed E-state index contributed by atoms with van der Waals surface area (Å²) in [4.78, 5) is 4.59. The Hall–Kier alpha value is -2.96. The van der Waals surface area contributed by atoms with E-state index in [1.54, 1.807) is 7.11 Å². The minimum absolute atomic E-state index is 0.165. The van der Waals surface area contributed by atoms with Crippen molar-refractivity contribution in [2.24, 2.45) is 0 Å². The summed E-state index contributed by atoms with van der Waals surface area (Å²) < 4.78 is 21.2. The topological polar surface area (TPSA) is 63.3 Å². The first kappa shape index (κ1) is 17.5. The van der Waals surface area contributed by atoms with Gasteiger partial charge in [-0.25, -0.2) is 4.98 Å². The summed E-state index contributed by atoms with van der Waals surface area (Å²) in [6.07, 6.45) is 3.80. The summed E-state index contributed by atoms with van der Waals surface area (Å²) in [6, 6.07) is 6.07. The highest BCUT2D eigenvalue weighted by Gasteiger charge is 2.21. The van der Waals surface area contributed by atoms with E-state index in [0.717, 1.165) is 35.1 Å². The summed E-state index contributed by atoms with van der Waals surface area (Å²) in [5, 5.41) is 4.58. The van der Waals surface area contributed by atoms with E-state index in [1.807, 2.05) is 36.1 Å². The van der Waals surface area contributed by atoms with E-state index in [2.05, 4.69) is 34.6 Å². The van der Waals surface area contributed by atoms with Crippen LogP contribution in [-0.4, -0.2) is 39.7 Å². The van der Waals surface area contributed by atoms with Gasteiger partial charge in [-0.3, -0.25) is 4.68 Å². The summed E-state index contributed by atoms with van der Waals surface area (Å²) in [5.74, 6) is 2.97. The lowest BCUT2D eigenvalue weighted by atomic mass is 10.1. The summed E-state index contributed by atoms with van der Waals surface area (Å²) in [5.41, 5.74) is 3.06. The number of ether oxygens (including phenoxy) is 3. The van der Waals surface area contributed by atoms with Gasteiger partial charge in [-0.15, -0.1) is 0 Å². The number of hydrogen-bond acceptors (Lipinski definition) is 5. The Balaban J connectivity index is 1.70. The molecule has 0 amide bonds. The Morgan fingerprint density at radius 2 is 1.89 bits per heavy atom. The summed E-state index contributed by atoms with van der Waals surface area (Å²) in [6.45, 7) is 8.09. The highest BCUT2D eigenvalue weighted by atomic mass is 16.6. The largest absolute Gasteiger partial charge is 0.496 e. The van der Waals surface area contributed by atoms with Crippen molar-refractivity contribution < 1.29 is 14.2 Å². The standard InChI is InChI=1S/C20H24N4O3/c1-13-9-14(2)24(22-13)12-15(3)23-6-5-21-20(23)16-10-18-19(11-17(16)25-4)27-8-7-26-18/h5-6,9-11,15H,7-8,12H2,1-4H3. The fourth-order valence-electron chi connectivity index (χ4n) is 3.49. The molecule has 0 fully saturated rings. The molecule has 4 rings (SSSR count). The van der Waals surface area contributed by atoms with E-state index < -0.39 is 0 Å². The van der Waals surface area contributed by atoms with Gasteiger partial charge in [0, 0.05) is 24.2 Å². The number of methoxy groups -OCH3 is 1. The van der Waals surface area contributed by atoms with Gasteiger partial charge in [0.05, 0.1) is 31.0 Å². The third kappa shape index (κ3) is 3.25. The predicted molar refractivity (Wildman–Crippen MR) is 102 cm³/mol. The number of aromatic nitrogens is 4. The predicted octanol–water partition coefficient (Wildman–Crippen LogP) is 3.40. The quantitative estimate of drug-likeness (QED) is 0.691. The first-order valence-corrected chi connectivity index (χ1v) is 9.08. The lowest BCUT2D eigenvalue weighted by Crippen LogP contribution is -2.17. The molecule has 0 aliphatic carbocycles. The fraction of sp³-hybridized carbons (Fsp3) is 0.400. The van der Waals surface area contributed by atoms with Crippen molar-refractivity contribution in [1.82, 2.24) is 19.3 Å². The number of nitrogens with zero attached hydrogens (tertiary/aromatic N) is 4. The van der Waals surface area contributed by atoms with Gasteiger partial charge in [-0.1, -0.05) is 0 Å². The third-order valence-electron chi connectivity index (χ3n) is 4.79. The van der Waals surface area contributed by atoms with Gasteiger partial charge in [-0.05, 0) is 32.9 Å². The number of aryl methyl sites for hydroxylation is 2. The molecule has 0 saturated heterocycles. The lowest BCUT2D eigenvalue weighted by Gasteiger charge is -2.22. The molecular weight excluding hydrogens is 344 g/mol. The number of imidazole rings is 1. The van der Waals surface area contributed by atoms with Crippen LogP contribution in [0.3, 0.4) is 0 Å². The maximum atomic E-state index is 5.74. The van der Waals surface area contributed by atoms with Crippen molar-refractivity contribution in [3.05, 3.63) is 42.0 Å². The van der Waals surface area contributed by atoms with Crippen LogP contribution in [0.15, 0.2) is 30.6 Å². The average molecular weight is 368 g/mol. The van der Waals surface area contributed by atoms with E-state index in [4.69, 9.17) is 14.2 Å². The molecule has 0 radical (unpaired) electrons. The number of hydrogen-bond donors (Lipinski definition) is 0. The Morgan fingerprint density at radius 1 is 1.15 bits per heavy atom. The maximum Gasteiger partial charge on any atom is 0.165 e. The monoisotopic (exact) mass is 368 g/mol. The van der Waals surface area contributed by atoms with Gasteiger partial charge in [0.15, 0.2) is 11.5 Å². The Morgan fingerprint density at radius 3 is 2.56 bits per heavy atom. The van der Waals surface area contributed by atoms with Crippen molar-refractivity contribution in [2.75, 3.05) is 20.3 Å². The van der Waals surface area contributed by atoms with E-state index in [9.17, 15) is 0 Å². The van der Waals surface area contributed by atoms with Crippen molar-refractivity contribution >= 4 is 0 Å². The van der Waals surface area contributed by atoms with E-state index in [-0.39, 0.29) is 6.04 Å². The number of fused-ring (bicyclic) bond motifs is 1. The van der Waals surface area contributed by atoms with Gasteiger partial charge in [0.2, 0.25) is 0 Å². The zero-order valence-corrected chi connectivity index (χ0v) is 16.1. The van der Waals surface area contributed by atoms with Crippen LogP contribution in [0.2, 0.25) is 0 Å². The van der Waals surface area contributed by atoms with Crippen molar-refractivity contribution in [2.45, 2.75) is 33.4 Å². The SMILES string of the molecule is COc1cc2c(cc1-c1nccn1C(C)Cn1nc(C)cc1C)OCCO2. The molecule has 7 heteroatoms. The molecule has 142 valence electrons. The zero-order valence-electron chi connectivity index (χ0n) is 16.1. The molecular formula is C20H24N4O3. The van der Waals surface area contributed by atoms with Crippen LogP contribution in [-0.2, 0) is 6.54 Å². The van der Waals surface area contributed by atoms with Crippen LogP contribution in [0, 0.1) is 13.8 Å². The average Bonchev–Trinajstić information content (AvgIpc) is 3.27. The molecule has 0 bridgehead atoms. The summed E-state index contributed by atoms with van der Waals surface area (Å²) >= 11 is 0. The molecule has 1 aliphatic heterocycles. The second-order valence-electron chi connectivity index (χ2n) is 6.81. The Bertz CT molecular complexity index is 960. The Kier molecular flexibility index (Phi) is 4.51. The Labute approximate surface area is 158 Å². The van der Waals surface area contributed by atoms with E-state index in [1.165, 1.54) is 0 Å². The molecule has 0 spiro atoms. The van der Waals surface area contributed by atoms with Gasteiger partial charge >= 0.3 is 0 Å². The molecule has 0 N–H and O–H groups in total. The molecule has 3 heterocycles. The molecule has 27 heavy (non-hydrogen) atoms. The van der Waals surface area contributed by atoms with E-state index >= 15 is 0 Å². The fourth-order valence-corrected chi connectivity index (χ4v) is 3.49. The van der Waals surface area contributed by atoms with Crippen LogP contribution in [0.25, 0.3) is 11.4 Å². The first-order chi connectivity index (χ1) is 13.1. The van der Waals surface area contributed by atoms with E-state index in [0.29, 0.717) is 24.7 Å². The molecule has 7 nitrogen and oxygen atoms in total. The lowest BCUT2D eigenvalue weighted by molar-refractivity contribution is 0.171. The molecule has 2 aromatic heterocycles. The van der Waals surface area contributed by atoms with Crippen LogP contribution >= 0.6 is 0 Å². The second-order valence-corrected chi connectivity index (χ2v) is 6.81. The zero-order chi connectivity index (χ0) is 19.0. The highest BCUT2D eigenvalue weighted by molar-refractivity contribution is 5.70. The van der Waals surface area contributed by atoms with Crippen molar-refractivity contribution in [1.29, 1.82) is 0 Å². The maximum absolute atomic E-state index is 5.74. The van der Waals surface area contributed by atoms with Crippen LogP contribution < -0.4 is 14.2 Å². The highest BCUT2D eigenvalue weighted by Crippen LogP contribution is 2.41. The van der Waals surface area contributed by atoms with Crippen LogP contribution in [0.1, 0.15) is 24.4 Å². The minimum atomic E-state index is 0.165. The second kappa shape index (κ2) is 6.98. The van der Waals surface area contributed by atoms with Crippen molar-refractivity contribution in [3.8, 4) is 28.6 Å². The van der Waals surface area contributed by atoms with Gasteiger partial charge in [-0.2, -0.15) is 5.10 Å². The number of benzene rings is 1.